The molecule has 0 saturated carbocycles. The third kappa shape index (κ3) is 4.29. The molecule has 0 heterocycles. The van der Waals surface area contributed by atoms with Crippen molar-refractivity contribution in [3.8, 4) is 5.75 Å². The van der Waals surface area contributed by atoms with Gasteiger partial charge in [-0.25, -0.2) is 18.0 Å². The van der Waals surface area contributed by atoms with Crippen molar-refractivity contribution in [3.05, 3.63) is 100 Å². The zero-order valence-corrected chi connectivity index (χ0v) is 20.4. The highest BCUT2D eigenvalue weighted by Crippen LogP contribution is 2.62. The fourth-order valence-corrected chi connectivity index (χ4v) is 4.84. The number of aryl methyl sites for hydroxylation is 1. The van der Waals surface area contributed by atoms with E-state index >= 15 is 26.3 Å². The molecule has 0 aromatic heterocycles. The highest BCUT2D eigenvalue weighted by Gasteiger charge is 2.68. The molecule has 2 aliphatic carbocycles. The average Bonchev–Trinajstić information content (AvgIpc) is 2.84. The van der Waals surface area contributed by atoms with Crippen LogP contribution in [0, 0.1) is 17.6 Å². The number of hydrogen-bond donors (Lipinski definition) is 0. The van der Waals surface area contributed by atoms with Crippen LogP contribution in [0.4, 0.5) is 30.7 Å². The summed E-state index contributed by atoms with van der Waals surface area (Å²) in [6, 6.07) is 5.28. The Morgan fingerprint density at radius 3 is 2.42 bits per heavy atom. The van der Waals surface area contributed by atoms with Gasteiger partial charge in [-0.2, -0.15) is 17.6 Å². The van der Waals surface area contributed by atoms with Crippen molar-refractivity contribution < 1.29 is 45.0 Å². The van der Waals surface area contributed by atoms with Crippen LogP contribution in [-0.4, -0.2) is 18.5 Å². The summed E-state index contributed by atoms with van der Waals surface area (Å²) in [6.45, 7) is 6.31. The largest absolute Gasteiger partial charge is 0.491 e. The van der Waals surface area contributed by atoms with Crippen LogP contribution < -0.4 is 4.74 Å². The van der Waals surface area contributed by atoms with Gasteiger partial charge in [0.25, 0.3) is 0 Å². The maximum Gasteiger partial charge on any atom is 0.346 e. The number of carbonyl (C=O) groups excluding carboxylic acids is 1. The Labute approximate surface area is 214 Å². The Morgan fingerprint density at radius 2 is 1.79 bits per heavy atom. The highest BCUT2D eigenvalue weighted by atomic mass is 19.3. The number of esters is 1. The summed E-state index contributed by atoms with van der Waals surface area (Å²) in [5.74, 6) is -20.3. The van der Waals surface area contributed by atoms with Crippen molar-refractivity contribution in [2.75, 3.05) is 6.61 Å². The second-order valence-corrected chi connectivity index (χ2v) is 9.05. The minimum Gasteiger partial charge on any atom is -0.491 e. The summed E-state index contributed by atoms with van der Waals surface area (Å²) in [7, 11) is 0. The van der Waals surface area contributed by atoms with E-state index in [4.69, 9.17) is 9.47 Å². The molecule has 0 saturated heterocycles. The topological polar surface area (TPSA) is 35.5 Å². The molecule has 2 aliphatic rings. The van der Waals surface area contributed by atoms with Gasteiger partial charge in [-0.05, 0) is 61.1 Å². The summed E-state index contributed by atoms with van der Waals surface area (Å²) in [6.07, 6.45) is 3.80. The SMILES string of the molecule is C=CCCc1ccc(OC(=O)c2ccc3c(c2F)C(F)(F)C(F)(F)C2=C(F)C(OCC)=CC(C)C23)c(F)c1. The van der Waals surface area contributed by atoms with Crippen LogP contribution in [0.3, 0.4) is 0 Å². The molecule has 3 nitrogen and oxygen atoms in total. The van der Waals surface area contributed by atoms with Crippen molar-refractivity contribution in [1.82, 2.24) is 0 Å². The quantitative estimate of drug-likeness (QED) is 0.155. The van der Waals surface area contributed by atoms with Gasteiger partial charge in [-0.15, -0.1) is 6.58 Å². The van der Waals surface area contributed by atoms with E-state index in [2.05, 4.69) is 6.58 Å². The number of halogens is 7. The van der Waals surface area contributed by atoms with Crippen LogP contribution in [0.1, 0.15) is 53.2 Å². The molecule has 0 N–H and O–H groups in total. The third-order valence-electron chi connectivity index (χ3n) is 6.62. The van der Waals surface area contributed by atoms with Crippen LogP contribution in [0.25, 0.3) is 0 Å². The Hall–Kier alpha value is -3.56. The van der Waals surface area contributed by atoms with Gasteiger partial charge >= 0.3 is 17.8 Å². The zero-order valence-electron chi connectivity index (χ0n) is 20.4. The lowest BCUT2D eigenvalue weighted by Crippen LogP contribution is -2.49. The number of rotatable bonds is 7. The van der Waals surface area contributed by atoms with Gasteiger partial charge in [0, 0.05) is 5.92 Å². The molecule has 0 radical (unpaired) electrons. The third-order valence-corrected chi connectivity index (χ3v) is 6.62. The Kier molecular flexibility index (Phi) is 7.20. The molecule has 4 rings (SSSR count). The minimum atomic E-state index is -5.22. The number of hydrogen-bond acceptors (Lipinski definition) is 3. The first-order valence-corrected chi connectivity index (χ1v) is 11.8. The predicted molar refractivity (Wildman–Crippen MR) is 125 cm³/mol. The molecule has 0 spiro atoms. The first-order valence-electron chi connectivity index (χ1n) is 11.8. The fourth-order valence-electron chi connectivity index (χ4n) is 4.84. The number of benzene rings is 2. The molecule has 38 heavy (non-hydrogen) atoms. The highest BCUT2D eigenvalue weighted by molar-refractivity contribution is 5.92. The van der Waals surface area contributed by atoms with Gasteiger partial charge in [-0.1, -0.05) is 25.1 Å². The number of ether oxygens (including phenoxy) is 2. The fraction of sp³-hybridized carbons (Fsp3) is 0.321. The predicted octanol–water partition coefficient (Wildman–Crippen LogP) is 7.92. The Morgan fingerprint density at radius 1 is 1.08 bits per heavy atom. The molecule has 0 aliphatic heterocycles. The van der Waals surface area contributed by atoms with Crippen LogP contribution >= 0.6 is 0 Å². The van der Waals surface area contributed by atoms with Crippen molar-refractivity contribution >= 4 is 5.97 Å². The number of carbonyl (C=O) groups is 1. The van der Waals surface area contributed by atoms with E-state index in [1.807, 2.05) is 0 Å². The molecular formula is C28H23F7O3. The maximum absolute atomic E-state index is 15.5. The second-order valence-electron chi connectivity index (χ2n) is 9.05. The van der Waals surface area contributed by atoms with Gasteiger partial charge in [0.1, 0.15) is 5.82 Å². The van der Waals surface area contributed by atoms with Crippen LogP contribution in [0.15, 0.2) is 66.2 Å². The molecule has 0 bridgehead atoms. The lowest BCUT2D eigenvalue weighted by Gasteiger charge is -2.43. The summed E-state index contributed by atoms with van der Waals surface area (Å²) < 4.78 is 116. The molecule has 2 aromatic carbocycles. The van der Waals surface area contributed by atoms with Crippen LogP contribution in [0.2, 0.25) is 0 Å². The van der Waals surface area contributed by atoms with Gasteiger partial charge in [0.05, 0.1) is 23.3 Å². The molecule has 2 aromatic rings. The van der Waals surface area contributed by atoms with Gasteiger partial charge in [-0.3, -0.25) is 0 Å². The zero-order chi connectivity index (χ0) is 28.0. The maximum atomic E-state index is 15.5. The van der Waals surface area contributed by atoms with Crippen LogP contribution in [0.5, 0.6) is 5.75 Å². The monoisotopic (exact) mass is 540 g/mol. The number of allylic oxidation sites excluding steroid dienone is 4. The molecular weight excluding hydrogens is 517 g/mol. The number of alkyl halides is 4. The molecule has 2 atom stereocenters. The molecule has 0 amide bonds. The van der Waals surface area contributed by atoms with Gasteiger partial charge < -0.3 is 9.47 Å². The van der Waals surface area contributed by atoms with E-state index < -0.39 is 80.9 Å². The first-order chi connectivity index (χ1) is 17.9. The number of fused-ring (bicyclic) bond motifs is 3. The molecule has 2 unspecified atom stereocenters. The first kappa shape index (κ1) is 27.5. The molecule has 10 heteroatoms. The normalized spacial score (nSPS) is 21.2. The molecule has 202 valence electrons. The van der Waals surface area contributed by atoms with Crippen molar-refractivity contribution in [1.29, 1.82) is 0 Å². The summed E-state index contributed by atoms with van der Waals surface area (Å²) in [5, 5.41) is 0. The van der Waals surface area contributed by atoms with E-state index in [-0.39, 0.29) is 6.61 Å². The van der Waals surface area contributed by atoms with Crippen LogP contribution in [-0.2, 0) is 17.1 Å². The summed E-state index contributed by atoms with van der Waals surface area (Å²) >= 11 is 0. The average molecular weight is 540 g/mol. The standard InChI is InChI=1S/C28H23F7O3/c1-4-6-7-15-8-11-19(18(29)13-15)38-26(36)17-10-9-16-21-14(3)12-20(37-5-2)25(31)23(21)28(34,35)27(32,33)22(16)24(17)30/h4,8-14,21H,1,5-7H2,2-3H3. The summed E-state index contributed by atoms with van der Waals surface area (Å²) in [4.78, 5) is 12.6. The summed E-state index contributed by atoms with van der Waals surface area (Å²) in [5.41, 5.74) is -4.39. The van der Waals surface area contributed by atoms with E-state index in [9.17, 15) is 9.18 Å². The van der Waals surface area contributed by atoms with E-state index in [0.29, 0.717) is 18.4 Å². The molecule has 0 fully saturated rings. The van der Waals surface area contributed by atoms with Gasteiger partial charge in [0.15, 0.2) is 23.2 Å². The Bertz CT molecular complexity index is 1360. The minimum absolute atomic E-state index is 0.0965. The lowest BCUT2D eigenvalue weighted by atomic mass is 9.67. The smallest absolute Gasteiger partial charge is 0.346 e. The van der Waals surface area contributed by atoms with Crippen molar-refractivity contribution in [2.24, 2.45) is 5.92 Å². The van der Waals surface area contributed by atoms with E-state index in [0.717, 1.165) is 30.3 Å². The van der Waals surface area contributed by atoms with E-state index in [1.165, 1.54) is 19.9 Å². The lowest BCUT2D eigenvalue weighted by molar-refractivity contribution is -0.204. The Balaban J connectivity index is 1.77. The van der Waals surface area contributed by atoms with Gasteiger partial charge in [0.2, 0.25) is 0 Å². The van der Waals surface area contributed by atoms with Crippen molar-refractivity contribution in [3.63, 3.8) is 0 Å². The second kappa shape index (κ2) is 9.96. The van der Waals surface area contributed by atoms with Crippen molar-refractivity contribution in [2.45, 2.75) is 44.5 Å². The van der Waals surface area contributed by atoms with E-state index in [1.54, 1.807) is 6.08 Å².